The van der Waals surface area contributed by atoms with E-state index < -0.39 is 10.2 Å². The van der Waals surface area contributed by atoms with Gasteiger partial charge < -0.3 is 0 Å². The summed E-state index contributed by atoms with van der Waals surface area (Å²) in [5.74, 6) is 0. The van der Waals surface area contributed by atoms with E-state index in [4.69, 9.17) is 18.6 Å². The third kappa shape index (κ3) is 5.22. The van der Waals surface area contributed by atoms with E-state index in [1.807, 2.05) is 0 Å². The molecule has 6 heteroatoms. The van der Waals surface area contributed by atoms with Crippen LogP contribution in [0.4, 0.5) is 0 Å². The molecular formula is C20H17ClO4Se. The molecular weight excluding hydrogens is 419 g/mol. The van der Waals surface area contributed by atoms with Gasteiger partial charge in [0, 0.05) is 0 Å². The summed E-state index contributed by atoms with van der Waals surface area (Å²) in [6.07, 6.45) is 3.90. The molecule has 0 saturated carbocycles. The van der Waals surface area contributed by atoms with E-state index in [1.165, 1.54) is 40.4 Å². The zero-order valence-electron chi connectivity index (χ0n) is 13.9. The summed E-state index contributed by atoms with van der Waals surface area (Å²) >= 11 is 0.505. The van der Waals surface area contributed by atoms with Crippen LogP contribution in [-0.2, 0) is 12.8 Å². The first kappa shape index (κ1) is 19.2. The molecule has 4 nitrogen and oxygen atoms in total. The predicted octanol–water partition coefficient (Wildman–Crippen LogP) is 0.0914. The molecule has 3 aromatic rings. The number of hydrogen-bond donors (Lipinski definition) is 0. The maximum atomic E-state index is 8.49. The van der Waals surface area contributed by atoms with E-state index in [1.54, 1.807) is 10.0 Å². The van der Waals surface area contributed by atoms with Gasteiger partial charge in [0.15, 0.2) is 0 Å². The quantitative estimate of drug-likeness (QED) is 0.533. The van der Waals surface area contributed by atoms with Crippen molar-refractivity contribution in [3.8, 4) is 21.1 Å². The molecule has 0 amide bonds. The average molecular weight is 436 g/mol. The summed E-state index contributed by atoms with van der Waals surface area (Å²) < 4.78 is 37.2. The summed E-state index contributed by atoms with van der Waals surface area (Å²) in [5, 5.41) is 0. The van der Waals surface area contributed by atoms with Crippen molar-refractivity contribution >= 4 is 14.5 Å². The van der Waals surface area contributed by atoms with E-state index in [-0.39, 0.29) is 0 Å². The molecule has 134 valence electrons. The molecule has 1 aliphatic carbocycles. The minimum absolute atomic E-state index is 0.505. The first-order chi connectivity index (χ1) is 12.4. The second-order valence-electron chi connectivity index (χ2n) is 5.89. The number of aryl methyl sites for hydroxylation is 1. The summed E-state index contributed by atoms with van der Waals surface area (Å²) in [4.78, 5) is 0. The Kier molecular flexibility index (Phi) is 6.22. The van der Waals surface area contributed by atoms with Crippen LogP contribution in [0.25, 0.3) is 21.1 Å². The molecule has 0 saturated heterocycles. The molecule has 0 aliphatic heterocycles. The fraction of sp³-hybridized carbons (Fsp3) is 0.150. The van der Waals surface area contributed by atoms with Crippen LogP contribution >= 0.6 is 0 Å². The van der Waals surface area contributed by atoms with Gasteiger partial charge in [-0.25, -0.2) is 18.6 Å². The molecule has 0 N–H and O–H groups in total. The Labute approximate surface area is 160 Å². The van der Waals surface area contributed by atoms with Crippen molar-refractivity contribution < 1.29 is 28.9 Å². The standard InChI is InChI=1S/C20H17Se.ClHO4/c1-3-8-15(9-4-1)18-14-20(16-10-5-2-6-11-16)21-19-13-7-12-17(18)19;2-1(3,4)5/h1-6,8-11,14H,7,12-13H2;(H,2,3,4,5)/q+1;/p-1. The Balaban J connectivity index is 0.000000349. The van der Waals surface area contributed by atoms with Crippen molar-refractivity contribution in [2.45, 2.75) is 19.3 Å². The van der Waals surface area contributed by atoms with Crippen molar-refractivity contribution in [2.24, 2.45) is 0 Å². The van der Waals surface area contributed by atoms with Crippen LogP contribution in [0, 0.1) is 10.2 Å². The molecule has 4 rings (SSSR count). The predicted molar refractivity (Wildman–Crippen MR) is 90.7 cm³/mol. The number of halogens is 1. The third-order valence-corrected chi connectivity index (χ3v) is 6.81. The molecule has 1 heterocycles. The normalized spacial score (nSPS) is 12.9. The van der Waals surface area contributed by atoms with E-state index >= 15 is 0 Å². The van der Waals surface area contributed by atoms with Crippen molar-refractivity contribution in [2.75, 3.05) is 0 Å². The van der Waals surface area contributed by atoms with Gasteiger partial charge in [0.25, 0.3) is 0 Å². The van der Waals surface area contributed by atoms with Crippen LogP contribution in [0.3, 0.4) is 0 Å². The van der Waals surface area contributed by atoms with Gasteiger partial charge in [-0.3, -0.25) is 0 Å². The maximum absolute atomic E-state index is 8.49. The molecule has 0 bridgehead atoms. The molecule has 0 unspecified atom stereocenters. The molecule has 0 spiro atoms. The van der Waals surface area contributed by atoms with E-state index in [0.29, 0.717) is 14.5 Å². The Morgan fingerprint density at radius 1 is 0.731 bits per heavy atom. The van der Waals surface area contributed by atoms with E-state index in [9.17, 15) is 0 Å². The van der Waals surface area contributed by atoms with Crippen LogP contribution in [0.1, 0.15) is 16.4 Å². The van der Waals surface area contributed by atoms with Crippen LogP contribution in [0.15, 0.2) is 66.7 Å². The molecule has 1 aromatic heterocycles. The van der Waals surface area contributed by atoms with Gasteiger partial charge in [-0.1, -0.05) is 0 Å². The fourth-order valence-electron chi connectivity index (χ4n) is 3.11. The molecule has 0 fully saturated rings. The number of benzene rings is 2. The van der Waals surface area contributed by atoms with E-state index in [2.05, 4.69) is 66.7 Å². The Bertz CT molecular complexity index is 858. The second-order valence-corrected chi connectivity index (χ2v) is 9.03. The fourth-order valence-corrected chi connectivity index (χ4v) is 5.79. The van der Waals surface area contributed by atoms with Gasteiger partial charge in [0.2, 0.25) is 0 Å². The Morgan fingerprint density at radius 3 is 1.85 bits per heavy atom. The average Bonchev–Trinajstić information content (AvgIpc) is 3.09. The molecule has 26 heavy (non-hydrogen) atoms. The van der Waals surface area contributed by atoms with Crippen molar-refractivity contribution in [3.05, 3.63) is 76.7 Å². The van der Waals surface area contributed by atoms with Crippen LogP contribution in [0.5, 0.6) is 0 Å². The molecule has 1 aliphatic rings. The Morgan fingerprint density at radius 2 is 1.27 bits per heavy atom. The van der Waals surface area contributed by atoms with Gasteiger partial charge in [-0.15, -0.1) is 10.2 Å². The zero-order chi connectivity index (χ0) is 18.6. The van der Waals surface area contributed by atoms with Gasteiger partial charge in [0.05, 0.1) is 0 Å². The summed E-state index contributed by atoms with van der Waals surface area (Å²) in [5.41, 5.74) is 5.87. The van der Waals surface area contributed by atoms with Gasteiger partial charge in [-0.05, 0) is 0 Å². The summed E-state index contributed by atoms with van der Waals surface area (Å²) in [7, 11) is -4.94. The second kappa shape index (κ2) is 8.42. The summed E-state index contributed by atoms with van der Waals surface area (Å²) in [6.45, 7) is 0. The zero-order valence-corrected chi connectivity index (χ0v) is 16.4. The molecule has 0 radical (unpaired) electrons. The first-order valence-electron chi connectivity index (χ1n) is 8.13. The number of rotatable bonds is 2. The molecule has 2 aromatic carbocycles. The Hall–Kier alpha value is -1.56. The van der Waals surface area contributed by atoms with Gasteiger partial charge >= 0.3 is 132 Å². The monoisotopic (exact) mass is 436 g/mol. The van der Waals surface area contributed by atoms with Crippen molar-refractivity contribution in [1.82, 2.24) is 0 Å². The number of hydrogen-bond acceptors (Lipinski definition) is 4. The van der Waals surface area contributed by atoms with Crippen LogP contribution in [-0.4, -0.2) is 14.5 Å². The van der Waals surface area contributed by atoms with Crippen molar-refractivity contribution in [3.63, 3.8) is 0 Å². The summed E-state index contributed by atoms with van der Waals surface area (Å²) in [6, 6.07) is 24.2. The third-order valence-electron chi connectivity index (χ3n) is 4.14. The van der Waals surface area contributed by atoms with Crippen LogP contribution in [0.2, 0.25) is 0 Å². The van der Waals surface area contributed by atoms with Gasteiger partial charge in [-0.2, -0.15) is 0 Å². The van der Waals surface area contributed by atoms with Crippen molar-refractivity contribution in [1.29, 1.82) is 0 Å². The SMILES string of the molecule is [O-][Cl+3]([O-])([O-])[O-].c1ccc(-c2cc(-c3ccccc3)c3c([se+]2)CCC3)cc1. The molecule has 0 atom stereocenters. The topological polar surface area (TPSA) is 92.2 Å². The number of fused-ring (bicyclic) bond motifs is 1. The van der Waals surface area contributed by atoms with Crippen LogP contribution < -0.4 is 18.6 Å². The van der Waals surface area contributed by atoms with Gasteiger partial charge in [0.1, 0.15) is 0 Å². The van der Waals surface area contributed by atoms with E-state index in [0.717, 1.165) is 0 Å². The first-order valence-corrected chi connectivity index (χ1v) is 11.1. The minimum atomic E-state index is -4.94.